The third-order valence-electron chi connectivity index (χ3n) is 3.20. The number of hydrogen-bond donors (Lipinski definition) is 4. The van der Waals surface area contributed by atoms with E-state index in [2.05, 4.69) is 10.6 Å². The molecule has 0 aromatic heterocycles. The average molecular weight is 244 g/mol. The highest BCUT2D eigenvalue weighted by atomic mass is 16.4. The number of carboxylic acid groups (broad SMARTS) is 1. The van der Waals surface area contributed by atoms with Gasteiger partial charge in [0.05, 0.1) is 12.1 Å². The number of aliphatic hydroxyl groups is 1. The normalized spacial score (nSPS) is 27.5. The van der Waals surface area contributed by atoms with E-state index in [4.69, 9.17) is 5.11 Å². The molecule has 4 atom stereocenters. The molecule has 0 aliphatic carbocycles. The van der Waals surface area contributed by atoms with E-state index < -0.39 is 24.2 Å². The minimum Gasteiger partial charge on any atom is -0.480 e. The zero-order valence-corrected chi connectivity index (χ0v) is 10.1. The first-order chi connectivity index (χ1) is 7.95. The summed E-state index contributed by atoms with van der Waals surface area (Å²) in [6.07, 6.45) is 0.481. The highest BCUT2D eigenvalue weighted by molar-refractivity contribution is 5.87. The molecule has 6 heteroatoms. The van der Waals surface area contributed by atoms with Crippen LogP contribution in [-0.4, -0.2) is 46.8 Å². The van der Waals surface area contributed by atoms with Gasteiger partial charge in [-0.05, 0) is 12.3 Å². The van der Waals surface area contributed by atoms with Crippen LogP contribution in [0, 0.1) is 5.92 Å². The molecule has 1 aliphatic heterocycles. The average Bonchev–Trinajstić information content (AvgIpc) is 2.71. The summed E-state index contributed by atoms with van der Waals surface area (Å²) in [5, 5.41) is 23.7. The number of aliphatic carboxylic acids is 1. The molecule has 0 saturated carbocycles. The zero-order valence-electron chi connectivity index (χ0n) is 10.1. The molecule has 0 aromatic carbocycles. The second-order valence-electron chi connectivity index (χ2n) is 4.56. The van der Waals surface area contributed by atoms with Gasteiger partial charge in [-0.2, -0.15) is 0 Å². The van der Waals surface area contributed by atoms with Crippen molar-refractivity contribution in [2.45, 2.75) is 44.9 Å². The van der Waals surface area contributed by atoms with E-state index in [1.165, 1.54) is 0 Å². The fraction of sp³-hybridized carbons (Fsp3) is 0.818. The van der Waals surface area contributed by atoms with Crippen LogP contribution in [-0.2, 0) is 9.59 Å². The Morgan fingerprint density at radius 2 is 2.18 bits per heavy atom. The van der Waals surface area contributed by atoms with Crippen LogP contribution < -0.4 is 10.6 Å². The van der Waals surface area contributed by atoms with Crippen molar-refractivity contribution in [2.75, 3.05) is 6.54 Å². The summed E-state index contributed by atoms with van der Waals surface area (Å²) in [5.41, 5.74) is 0. The molecule has 1 heterocycles. The molecule has 17 heavy (non-hydrogen) atoms. The Kier molecular flexibility index (Phi) is 4.89. The molecular weight excluding hydrogens is 224 g/mol. The van der Waals surface area contributed by atoms with E-state index in [0.29, 0.717) is 19.4 Å². The van der Waals surface area contributed by atoms with Crippen LogP contribution in [0.5, 0.6) is 0 Å². The fourth-order valence-electron chi connectivity index (χ4n) is 1.85. The lowest BCUT2D eigenvalue weighted by Crippen LogP contribution is -2.50. The first kappa shape index (κ1) is 13.9. The lowest BCUT2D eigenvalue weighted by atomic mass is 9.99. The van der Waals surface area contributed by atoms with Crippen LogP contribution in [0.15, 0.2) is 0 Å². The van der Waals surface area contributed by atoms with Gasteiger partial charge in [0, 0.05) is 6.54 Å². The molecule has 0 aromatic rings. The van der Waals surface area contributed by atoms with Crippen LogP contribution in [0.25, 0.3) is 0 Å². The predicted octanol–water partition coefficient (Wildman–Crippen LogP) is -0.675. The second kappa shape index (κ2) is 5.97. The largest absolute Gasteiger partial charge is 0.480 e. The molecule has 0 bridgehead atoms. The number of amides is 1. The topological polar surface area (TPSA) is 98.7 Å². The lowest BCUT2D eigenvalue weighted by molar-refractivity contribution is -0.143. The Bertz CT molecular complexity index is 295. The smallest absolute Gasteiger partial charge is 0.326 e. The van der Waals surface area contributed by atoms with E-state index in [9.17, 15) is 14.7 Å². The molecule has 98 valence electrons. The zero-order chi connectivity index (χ0) is 13.0. The van der Waals surface area contributed by atoms with Gasteiger partial charge in [-0.1, -0.05) is 20.3 Å². The number of hydrogen-bond acceptors (Lipinski definition) is 4. The Hall–Kier alpha value is -1.14. The van der Waals surface area contributed by atoms with Gasteiger partial charge in [-0.3, -0.25) is 4.79 Å². The molecule has 0 radical (unpaired) electrons. The summed E-state index contributed by atoms with van der Waals surface area (Å²) >= 11 is 0. The minimum atomic E-state index is -1.02. The molecule has 4 N–H and O–H groups in total. The van der Waals surface area contributed by atoms with Gasteiger partial charge in [0.2, 0.25) is 5.91 Å². The van der Waals surface area contributed by atoms with Crippen LogP contribution >= 0.6 is 0 Å². The third-order valence-corrected chi connectivity index (χ3v) is 3.20. The van der Waals surface area contributed by atoms with E-state index in [1.54, 1.807) is 6.92 Å². The van der Waals surface area contributed by atoms with Gasteiger partial charge in [-0.15, -0.1) is 0 Å². The third kappa shape index (κ3) is 3.67. The molecule has 1 fully saturated rings. The number of carbonyl (C=O) groups is 2. The molecular formula is C11H20N2O4. The van der Waals surface area contributed by atoms with Crippen LogP contribution in [0.3, 0.4) is 0 Å². The van der Waals surface area contributed by atoms with Gasteiger partial charge in [0.15, 0.2) is 0 Å². The van der Waals surface area contributed by atoms with E-state index in [-0.39, 0.29) is 11.8 Å². The minimum absolute atomic E-state index is 0.122. The highest BCUT2D eigenvalue weighted by Crippen LogP contribution is 2.11. The van der Waals surface area contributed by atoms with Gasteiger partial charge in [-0.25, -0.2) is 4.79 Å². The van der Waals surface area contributed by atoms with Crippen LogP contribution in [0.4, 0.5) is 0 Å². The SMILES string of the molecule is CCC(C)C(NC(=O)[C@@H]1C[C@@H](O)CN1)C(=O)O. The molecule has 2 unspecified atom stereocenters. The summed E-state index contributed by atoms with van der Waals surface area (Å²) in [6, 6.07) is -1.36. The lowest BCUT2D eigenvalue weighted by Gasteiger charge is -2.22. The van der Waals surface area contributed by atoms with Crippen molar-refractivity contribution in [2.24, 2.45) is 5.92 Å². The molecule has 0 spiro atoms. The van der Waals surface area contributed by atoms with Gasteiger partial charge in [0.1, 0.15) is 6.04 Å². The van der Waals surface area contributed by atoms with Gasteiger partial charge >= 0.3 is 5.97 Å². The monoisotopic (exact) mass is 244 g/mol. The van der Waals surface area contributed by atoms with E-state index >= 15 is 0 Å². The summed E-state index contributed by atoms with van der Waals surface area (Å²) in [7, 11) is 0. The maximum Gasteiger partial charge on any atom is 0.326 e. The number of carbonyl (C=O) groups excluding carboxylic acids is 1. The predicted molar refractivity (Wildman–Crippen MR) is 61.4 cm³/mol. The quantitative estimate of drug-likeness (QED) is 0.514. The Morgan fingerprint density at radius 1 is 1.53 bits per heavy atom. The van der Waals surface area contributed by atoms with Gasteiger partial charge in [0.25, 0.3) is 0 Å². The first-order valence-electron chi connectivity index (χ1n) is 5.90. The Morgan fingerprint density at radius 3 is 2.59 bits per heavy atom. The summed E-state index contributed by atoms with van der Waals surface area (Å²) in [6.45, 7) is 4.04. The summed E-state index contributed by atoms with van der Waals surface area (Å²) < 4.78 is 0. The maximum absolute atomic E-state index is 11.8. The van der Waals surface area contributed by atoms with Crippen molar-refractivity contribution in [3.8, 4) is 0 Å². The standard InChI is InChI=1S/C11H20N2O4/c1-3-6(2)9(11(16)17)13-10(15)8-4-7(14)5-12-8/h6-9,12,14H,3-5H2,1-2H3,(H,13,15)(H,16,17)/t6?,7-,8+,9?/m1/s1. The van der Waals surface area contributed by atoms with Crippen molar-refractivity contribution >= 4 is 11.9 Å². The highest BCUT2D eigenvalue weighted by Gasteiger charge is 2.32. The van der Waals surface area contributed by atoms with Crippen LogP contribution in [0.2, 0.25) is 0 Å². The molecule has 1 rings (SSSR count). The van der Waals surface area contributed by atoms with Gasteiger partial charge < -0.3 is 20.8 Å². The van der Waals surface area contributed by atoms with Crippen molar-refractivity contribution in [1.29, 1.82) is 0 Å². The number of rotatable bonds is 5. The van der Waals surface area contributed by atoms with Crippen molar-refractivity contribution in [1.82, 2.24) is 10.6 Å². The summed E-state index contributed by atoms with van der Waals surface area (Å²) in [5.74, 6) is -1.50. The van der Waals surface area contributed by atoms with E-state index in [0.717, 1.165) is 0 Å². The number of β-amino-alcohol motifs (C(OH)–C–C–N with tert-alkyl or cyclic N) is 1. The van der Waals surface area contributed by atoms with Crippen molar-refractivity contribution in [3.05, 3.63) is 0 Å². The first-order valence-corrected chi connectivity index (χ1v) is 5.90. The maximum atomic E-state index is 11.8. The molecule has 6 nitrogen and oxygen atoms in total. The number of carboxylic acids is 1. The van der Waals surface area contributed by atoms with Crippen molar-refractivity contribution in [3.63, 3.8) is 0 Å². The Balaban J connectivity index is 2.55. The summed E-state index contributed by atoms with van der Waals surface area (Å²) in [4.78, 5) is 22.8. The van der Waals surface area contributed by atoms with Crippen LogP contribution in [0.1, 0.15) is 26.7 Å². The van der Waals surface area contributed by atoms with Crippen molar-refractivity contribution < 1.29 is 19.8 Å². The fourth-order valence-corrected chi connectivity index (χ4v) is 1.85. The second-order valence-corrected chi connectivity index (χ2v) is 4.56. The molecule has 1 aliphatic rings. The molecule has 1 saturated heterocycles. The van der Waals surface area contributed by atoms with E-state index in [1.807, 2.05) is 6.92 Å². The Labute approximate surface area is 100 Å². The molecule has 1 amide bonds. The number of aliphatic hydroxyl groups excluding tert-OH is 1. The number of nitrogens with one attached hydrogen (secondary N) is 2.